The molecule has 1 amide bonds. The second-order valence-electron chi connectivity index (χ2n) is 5.41. The van der Waals surface area contributed by atoms with Gasteiger partial charge in [-0.3, -0.25) is 4.79 Å². The summed E-state index contributed by atoms with van der Waals surface area (Å²) in [6.45, 7) is 3.33. The van der Waals surface area contributed by atoms with Crippen LogP contribution in [0.4, 0.5) is 14.5 Å². The minimum absolute atomic E-state index is 0.118. The van der Waals surface area contributed by atoms with Crippen LogP contribution in [0.2, 0.25) is 0 Å². The number of hydrogen-bond donors (Lipinski definition) is 1. The lowest BCUT2D eigenvalue weighted by Gasteiger charge is -2.30. The van der Waals surface area contributed by atoms with E-state index < -0.39 is 17.5 Å². The summed E-state index contributed by atoms with van der Waals surface area (Å²) in [5, 5.41) is 11.6. The number of nitriles is 1. The number of carbonyl (C=O) groups excluding carboxylic acids is 1. The fourth-order valence-corrected chi connectivity index (χ4v) is 2.28. The molecule has 1 N–H and O–H groups in total. The summed E-state index contributed by atoms with van der Waals surface area (Å²) in [6, 6.07) is 4.75. The van der Waals surface area contributed by atoms with Gasteiger partial charge >= 0.3 is 0 Å². The van der Waals surface area contributed by atoms with Crippen LogP contribution in [0.15, 0.2) is 30.0 Å². The highest BCUT2D eigenvalue weighted by atomic mass is 19.1. The van der Waals surface area contributed by atoms with Gasteiger partial charge in [-0.05, 0) is 30.9 Å². The van der Waals surface area contributed by atoms with Gasteiger partial charge < -0.3 is 10.2 Å². The van der Waals surface area contributed by atoms with Gasteiger partial charge in [-0.2, -0.15) is 5.26 Å². The SMILES string of the molecule is CC1CCN(C(=O)/C(C#N)=C\Nc2cc(F)ccc2F)CC1. The molecular formula is C16H17F2N3O. The number of piperidine rings is 1. The molecule has 4 nitrogen and oxygen atoms in total. The molecular weight excluding hydrogens is 288 g/mol. The molecule has 1 fully saturated rings. The molecule has 0 radical (unpaired) electrons. The van der Waals surface area contributed by atoms with Crippen molar-refractivity contribution >= 4 is 11.6 Å². The van der Waals surface area contributed by atoms with E-state index >= 15 is 0 Å². The van der Waals surface area contributed by atoms with Gasteiger partial charge in [0.05, 0.1) is 5.69 Å². The first-order valence-electron chi connectivity index (χ1n) is 7.12. The molecule has 1 heterocycles. The number of nitrogens with zero attached hydrogens (tertiary/aromatic N) is 2. The van der Waals surface area contributed by atoms with E-state index in [0.29, 0.717) is 19.0 Å². The molecule has 1 aromatic carbocycles. The van der Waals surface area contributed by atoms with Crippen molar-refractivity contribution in [2.45, 2.75) is 19.8 Å². The smallest absolute Gasteiger partial charge is 0.266 e. The van der Waals surface area contributed by atoms with Crippen molar-refractivity contribution in [2.75, 3.05) is 18.4 Å². The number of benzene rings is 1. The fourth-order valence-electron chi connectivity index (χ4n) is 2.28. The van der Waals surface area contributed by atoms with Gasteiger partial charge in [0.25, 0.3) is 5.91 Å². The Bertz CT molecular complexity index is 629. The Morgan fingerprint density at radius 3 is 2.73 bits per heavy atom. The largest absolute Gasteiger partial charge is 0.358 e. The monoisotopic (exact) mass is 305 g/mol. The summed E-state index contributed by atoms with van der Waals surface area (Å²) < 4.78 is 26.6. The van der Waals surface area contributed by atoms with Crippen LogP contribution >= 0.6 is 0 Å². The Morgan fingerprint density at radius 2 is 2.09 bits per heavy atom. The van der Waals surface area contributed by atoms with Gasteiger partial charge in [0.15, 0.2) is 0 Å². The minimum atomic E-state index is -0.658. The predicted octanol–water partition coefficient (Wildman–Crippen LogP) is 3.04. The third-order valence-electron chi connectivity index (χ3n) is 3.72. The average Bonchev–Trinajstić information content (AvgIpc) is 2.51. The van der Waals surface area contributed by atoms with Gasteiger partial charge in [0.2, 0.25) is 0 Å². The van der Waals surface area contributed by atoms with Crippen molar-refractivity contribution in [3.8, 4) is 6.07 Å². The van der Waals surface area contributed by atoms with Crippen LogP contribution in [0, 0.1) is 28.9 Å². The molecule has 1 aliphatic heterocycles. The lowest BCUT2D eigenvalue weighted by Crippen LogP contribution is -2.38. The molecule has 0 aromatic heterocycles. The highest BCUT2D eigenvalue weighted by molar-refractivity contribution is 5.97. The third kappa shape index (κ3) is 3.82. The highest BCUT2D eigenvalue weighted by Crippen LogP contribution is 2.19. The van der Waals surface area contributed by atoms with Crippen molar-refractivity contribution < 1.29 is 13.6 Å². The van der Waals surface area contributed by atoms with Gasteiger partial charge in [-0.1, -0.05) is 6.92 Å². The molecule has 0 bridgehead atoms. The third-order valence-corrected chi connectivity index (χ3v) is 3.72. The van der Waals surface area contributed by atoms with Crippen molar-refractivity contribution in [1.29, 1.82) is 5.26 Å². The number of halogens is 2. The van der Waals surface area contributed by atoms with Gasteiger partial charge in [0.1, 0.15) is 23.3 Å². The van der Waals surface area contributed by atoms with Gasteiger partial charge in [-0.15, -0.1) is 0 Å². The van der Waals surface area contributed by atoms with Crippen LogP contribution in [0.1, 0.15) is 19.8 Å². The summed E-state index contributed by atoms with van der Waals surface area (Å²) in [5.74, 6) is -1.09. The van der Waals surface area contributed by atoms with E-state index in [1.807, 2.05) is 0 Å². The Kier molecular flexibility index (Phi) is 5.10. The number of nitrogens with one attached hydrogen (secondary N) is 1. The van der Waals surface area contributed by atoms with Crippen molar-refractivity contribution in [2.24, 2.45) is 5.92 Å². The number of anilines is 1. The van der Waals surface area contributed by atoms with Crippen molar-refractivity contribution in [3.63, 3.8) is 0 Å². The van der Waals surface area contributed by atoms with Crippen LogP contribution in [0.5, 0.6) is 0 Å². The topological polar surface area (TPSA) is 56.1 Å². The maximum atomic E-state index is 13.5. The van der Waals surface area contributed by atoms with E-state index in [9.17, 15) is 13.6 Å². The van der Waals surface area contributed by atoms with Crippen molar-refractivity contribution in [1.82, 2.24) is 4.90 Å². The van der Waals surface area contributed by atoms with Gasteiger partial charge in [-0.25, -0.2) is 8.78 Å². The molecule has 2 rings (SSSR count). The molecule has 116 valence electrons. The molecule has 1 aromatic rings. The van der Waals surface area contributed by atoms with Crippen LogP contribution in [-0.4, -0.2) is 23.9 Å². The molecule has 0 atom stereocenters. The molecule has 0 aliphatic carbocycles. The zero-order valence-corrected chi connectivity index (χ0v) is 12.3. The highest BCUT2D eigenvalue weighted by Gasteiger charge is 2.23. The fraction of sp³-hybridized carbons (Fsp3) is 0.375. The lowest BCUT2D eigenvalue weighted by molar-refractivity contribution is -0.128. The Morgan fingerprint density at radius 1 is 1.41 bits per heavy atom. The second kappa shape index (κ2) is 7.03. The summed E-state index contributed by atoms with van der Waals surface area (Å²) >= 11 is 0. The van der Waals surface area contributed by atoms with Gasteiger partial charge in [0, 0.05) is 25.4 Å². The summed E-state index contributed by atoms with van der Waals surface area (Å²) in [6.07, 6.45) is 2.92. The maximum absolute atomic E-state index is 13.5. The number of rotatable bonds is 3. The molecule has 1 saturated heterocycles. The van der Waals surface area contributed by atoms with E-state index in [-0.39, 0.29) is 11.3 Å². The molecule has 6 heteroatoms. The van der Waals surface area contributed by atoms with E-state index in [0.717, 1.165) is 37.2 Å². The van der Waals surface area contributed by atoms with Crippen LogP contribution in [-0.2, 0) is 4.79 Å². The zero-order chi connectivity index (χ0) is 16.1. The minimum Gasteiger partial charge on any atom is -0.358 e. The first kappa shape index (κ1) is 16.0. The molecule has 22 heavy (non-hydrogen) atoms. The van der Waals surface area contributed by atoms with E-state index in [2.05, 4.69) is 12.2 Å². The number of likely N-dealkylation sites (tertiary alicyclic amines) is 1. The number of carbonyl (C=O) groups is 1. The molecule has 1 aliphatic rings. The van der Waals surface area contributed by atoms with Crippen molar-refractivity contribution in [3.05, 3.63) is 41.6 Å². The quantitative estimate of drug-likeness (QED) is 0.690. The second-order valence-corrected chi connectivity index (χ2v) is 5.41. The maximum Gasteiger partial charge on any atom is 0.266 e. The molecule has 0 saturated carbocycles. The summed E-state index contributed by atoms with van der Waals surface area (Å²) in [5.41, 5.74) is -0.244. The van der Waals surface area contributed by atoms with E-state index in [1.54, 1.807) is 11.0 Å². The lowest BCUT2D eigenvalue weighted by atomic mass is 9.99. The van der Waals surface area contributed by atoms with E-state index in [1.165, 1.54) is 0 Å². The zero-order valence-electron chi connectivity index (χ0n) is 12.3. The first-order chi connectivity index (χ1) is 10.5. The predicted molar refractivity (Wildman–Crippen MR) is 78.7 cm³/mol. The Hall–Kier alpha value is -2.42. The normalized spacial score (nSPS) is 16.3. The number of hydrogen-bond acceptors (Lipinski definition) is 3. The molecule has 0 unspecified atom stereocenters. The van der Waals surface area contributed by atoms with Crippen LogP contribution in [0.25, 0.3) is 0 Å². The van der Waals surface area contributed by atoms with E-state index in [4.69, 9.17) is 5.26 Å². The standard InChI is InChI=1S/C16H17F2N3O/c1-11-4-6-21(7-5-11)16(22)12(9-19)10-20-15-8-13(17)2-3-14(15)18/h2-3,8,10-11,20H,4-7H2,1H3/b12-10-. The Labute approximate surface area is 128 Å². The van der Waals surface area contributed by atoms with Crippen LogP contribution in [0.3, 0.4) is 0 Å². The average molecular weight is 305 g/mol. The Balaban J connectivity index is 2.09. The summed E-state index contributed by atoms with van der Waals surface area (Å²) in [4.78, 5) is 13.8. The van der Waals surface area contributed by atoms with Crippen LogP contribution < -0.4 is 5.32 Å². The number of amides is 1. The molecule has 0 spiro atoms. The summed E-state index contributed by atoms with van der Waals surface area (Å²) in [7, 11) is 0. The first-order valence-corrected chi connectivity index (χ1v) is 7.12.